The van der Waals surface area contributed by atoms with Gasteiger partial charge in [0.25, 0.3) is 0 Å². The van der Waals surface area contributed by atoms with Gasteiger partial charge in [0.1, 0.15) is 11.6 Å². The Bertz CT molecular complexity index is 543. The van der Waals surface area contributed by atoms with Gasteiger partial charge in [-0.2, -0.15) is 5.10 Å². The molecule has 0 atom stereocenters. The third kappa shape index (κ3) is 1.94. The van der Waals surface area contributed by atoms with Crippen LogP contribution in [-0.2, 0) is 0 Å². The van der Waals surface area contributed by atoms with Crippen molar-refractivity contribution in [1.29, 1.82) is 0 Å². The molecule has 2 aromatic heterocycles. The third-order valence-electron chi connectivity index (χ3n) is 3.34. The predicted molar refractivity (Wildman–Crippen MR) is 73.8 cm³/mol. The van der Waals surface area contributed by atoms with Crippen LogP contribution >= 0.6 is 0 Å². The Morgan fingerprint density at radius 3 is 2.56 bits per heavy atom. The summed E-state index contributed by atoms with van der Waals surface area (Å²) < 4.78 is 0. The first kappa shape index (κ1) is 12.8. The first-order chi connectivity index (χ1) is 8.58. The number of aryl methyl sites for hydroxylation is 1. The molecule has 1 fully saturated rings. The van der Waals surface area contributed by atoms with E-state index in [2.05, 4.69) is 38.9 Å². The number of aromatic amines is 1. The molecule has 1 aliphatic rings. The van der Waals surface area contributed by atoms with Gasteiger partial charge in [0.05, 0.1) is 11.6 Å². The summed E-state index contributed by atoms with van der Waals surface area (Å²) in [5.74, 6) is 1.79. The van der Waals surface area contributed by atoms with Gasteiger partial charge in [-0.15, -0.1) is 0 Å². The molecule has 3 rings (SSSR count). The highest BCUT2D eigenvalue weighted by Gasteiger charge is 2.37. The van der Waals surface area contributed by atoms with E-state index in [1.54, 1.807) is 6.20 Å². The molecule has 0 aromatic carbocycles. The van der Waals surface area contributed by atoms with Crippen molar-refractivity contribution >= 4 is 16.9 Å². The SMILES string of the molecule is CC.Cc1nc(N2CCC2(C)C)c2cn[nH]c2n1. The number of nitrogens with zero attached hydrogens (tertiary/aromatic N) is 4. The average molecular weight is 247 g/mol. The van der Waals surface area contributed by atoms with Gasteiger partial charge < -0.3 is 4.90 Å². The lowest BCUT2D eigenvalue weighted by atomic mass is 9.89. The van der Waals surface area contributed by atoms with Gasteiger partial charge in [0.15, 0.2) is 5.65 Å². The van der Waals surface area contributed by atoms with Crippen LogP contribution in [0.5, 0.6) is 0 Å². The molecule has 0 radical (unpaired) electrons. The van der Waals surface area contributed by atoms with Crippen LogP contribution in [-0.4, -0.2) is 32.2 Å². The molecule has 98 valence electrons. The van der Waals surface area contributed by atoms with Crippen LogP contribution in [0.2, 0.25) is 0 Å². The molecule has 18 heavy (non-hydrogen) atoms. The summed E-state index contributed by atoms with van der Waals surface area (Å²) in [6.07, 6.45) is 3.01. The second kappa shape index (κ2) is 4.55. The molecule has 0 bridgehead atoms. The van der Waals surface area contributed by atoms with Crippen molar-refractivity contribution in [3.8, 4) is 0 Å². The molecule has 0 spiro atoms. The molecule has 0 saturated carbocycles. The fourth-order valence-electron chi connectivity index (χ4n) is 2.20. The topological polar surface area (TPSA) is 57.7 Å². The monoisotopic (exact) mass is 247 g/mol. The van der Waals surface area contributed by atoms with E-state index in [1.807, 2.05) is 20.8 Å². The molecule has 3 heterocycles. The first-order valence-electron chi connectivity index (χ1n) is 6.53. The summed E-state index contributed by atoms with van der Waals surface area (Å²) in [5, 5.41) is 7.95. The Hall–Kier alpha value is -1.65. The second-order valence-corrected chi connectivity index (χ2v) is 4.94. The van der Waals surface area contributed by atoms with Gasteiger partial charge in [-0.3, -0.25) is 5.10 Å². The van der Waals surface area contributed by atoms with Crippen molar-refractivity contribution in [2.24, 2.45) is 0 Å². The normalized spacial score (nSPS) is 17.1. The lowest BCUT2D eigenvalue weighted by Crippen LogP contribution is -2.56. The van der Waals surface area contributed by atoms with Crippen molar-refractivity contribution in [2.75, 3.05) is 11.4 Å². The molecule has 5 nitrogen and oxygen atoms in total. The fourth-order valence-corrected chi connectivity index (χ4v) is 2.20. The van der Waals surface area contributed by atoms with Gasteiger partial charge >= 0.3 is 0 Å². The van der Waals surface area contributed by atoms with E-state index in [4.69, 9.17) is 0 Å². The minimum atomic E-state index is 0.199. The Balaban J connectivity index is 0.000000574. The molecule has 0 amide bonds. The van der Waals surface area contributed by atoms with Crippen LogP contribution in [0.1, 0.15) is 39.9 Å². The Morgan fingerprint density at radius 1 is 1.28 bits per heavy atom. The number of hydrogen-bond donors (Lipinski definition) is 1. The Labute approximate surface area is 108 Å². The third-order valence-corrected chi connectivity index (χ3v) is 3.34. The molecule has 1 aliphatic heterocycles. The molecule has 0 unspecified atom stereocenters. The largest absolute Gasteiger partial charge is 0.351 e. The molecule has 1 N–H and O–H groups in total. The quantitative estimate of drug-likeness (QED) is 0.841. The number of hydrogen-bond acceptors (Lipinski definition) is 4. The molecule has 2 aromatic rings. The first-order valence-corrected chi connectivity index (χ1v) is 6.53. The lowest BCUT2D eigenvalue weighted by molar-refractivity contribution is 0.330. The van der Waals surface area contributed by atoms with Crippen LogP contribution in [0.4, 0.5) is 5.82 Å². The van der Waals surface area contributed by atoms with E-state index in [0.717, 1.165) is 29.2 Å². The maximum absolute atomic E-state index is 4.55. The standard InChI is InChI=1S/C11H15N5.C2H6/c1-7-13-9-8(6-12-15-9)10(14-7)16-5-4-11(16,2)3;1-2/h6H,4-5H2,1-3H3,(H,12,13,14,15);1-2H3. The van der Waals surface area contributed by atoms with E-state index < -0.39 is 0 Å². The summed E-state index contributed by atoms with van der Waals surface area (Å²) in [7, 11) is 0. The van der Waals surface area contributed by atoms with Crippen molar-refractivity contribution in [1.82, 2.24) is 20.2 Å². The average Bonchev–Trinajstić information content (AvgIpc) is 2.78. The zero-order valence-corrected chi connectivity index (χ0v) is 11.8. The summed E-state index contributed by atoms with van der Waals surface area (Å²) >= 11 is 0. The minimum absolute atomic E-state index is 0.199. The molecular formula is C13H21N5. The summed E-state index contributed by atoms with van der Waals surface area (Å²) in [4.78, 5) is 11.2. The number of fused-ring (bicyclic) bond motifs is 1. The lowest BCUT2D eigenvalue weighted by Gasteiger charge is -2.49. The predicted octanol–water partition coefficient (Wildman–Crippen LogP) is 2.68. The van der Waals surface area contributed by atoms with Crippen molar-refractivity contribution in [3.63, 3.8) is 0 Å². The smallest absolute Gasteiger partial charge is 0.161 e. The maximum atomic E-state index is 4.55. The molecular weight excluding hydrogens is 226 g/mol. The van der Waals surface area contributed by atoms with Crippen LogP contribution in [0.15, 0.2) is 6.20 Å². The highest BCUT2D eigenvalue weighted by molar-refractivity contribution is 5.87. The van der Waals surface area contributed by atoms with Gasteiger partial charge in [0, 0.05) is 12.1 Å². The van der Waals surface area contributed by atoms with Crippen molar-refractivity contribution < 1.29 is 0 Å². The number of nitrogens with one attached hydrogen (secondary N) is 1. The highest BCUT2D eigenvalue weighted by atomic mass is 15.3. The molecule has 0 aliphatic carbocycles. The van der Waals surface area contributed by atoms with Gasteiger partial charge in [-0.1, -0.05) is 13.8 Å². The van der Waals surface area contributed by atoms with E-state index >= 15 is 0 Å². The Kier molecular flexibility index (Phi) is 3.24. The van der Waals surface area contributed by atoms with E-state index in [1.165, 1.54) is 6.42 Å². The molecule has 5 heteroatoms. The summed E-state index contributed by atoms with van der Waals surface area (Å²) in [6, 6.07) is 0. The van der Waals surface area contributed by atoms with Crippen LogP contribution < -0.4 is 4.90 Å². The van der Waals surface area contributed by atoms with Crippen LogP contribution in [0.3, 0.4) is 0 Å². The highest BCUT2D eigenvalue weighted by Crippen LogP contribution is 2.36. The van der Waals surface area contributed by atoms with Crippen LogP contribution in [0, 0.1) is 6.92 Å². The molecule has 1 saturated heterocycles. The van der Waals surface area contributed by atoms with E-state index in [-0.39, 0.29) is 5.54 Å². The number of rotatable bonds is 1. The second-order valence-electron chi connectivity index (χ2n) is 4.94. The summed E-state index contributed by atoms with van der Waals surface area (Å²) in [6.45, 7) is 11.4. The Morgan fingerprint density at radius 2 is 2.00 bits per heavy atom. The van der Waals surface area contributed by atoms with Crippen molar-refractivity contribution in [3.05, 3.63) is 12.0 Å². The number of aromatic nitrogens is 4. The van der Waals surface area contributed by atoms with Crippen molar-refractivity contribution in [2.45, 2.75) is 46.6 Å². The number of anilines is 1. The van der Waals surface area contributed by atoms with Gasteiger partial charge in [0.2, 0.25) is 0 Å². The zero-order valence-electron chi connectivity index (χ0n) is 11.8. The van der Waals surface area contributed by atoms with Gasteiger partial charge in [-0.25, -0.2) is 9.97 Å². The van der Waals surface area contributed by atoms with E-state index in [0.29, 0.717) is 0 Å². The number of H-pyrrole nitrogens is 1. The minimum Gasteiger partial charge on any atom is -0.351 e. The van der Waals surface area contributed by atoms with E-state index in [9.17, 15) is 0 Å². The fraction of sp³-hybridized carbons (Fsp3) is 0.615. The zero-order chi connectivity index (χ0) is 13.3. The van der Waals surface area contributed by atoms with Crippen LogP contribution in [0.25, 0.3) is 11.0 Å². The van der Waals surface area contributed by atoms with Gasteiger partial charge in [-0.05, 0) is 27.2 Å². The summed E-state index contributed by atoms with van der Waals surface area (Å²) in [5.41, 5.74) is 1.02. The maximum Gasteiger partial charge on any atom is 0.161 e.